The van der Waals surface area contributed by atoms with Crippen molar-refractivity contribution >= 4 is 5.97 Å². The lowest BCUT2D eigenvalue weighted by molar-refractivity contribution is -0.299. The largest absolute Gasteiger partial charge is 0.545 e. The van der Waals surface area contributed by atoms with Gasteiger partial charge in [0.15, 0.2) is 0 Å². The minimum absolute atomic E-state index is 0.0440. The van der Waals surface area contributed by atoms with Crippen LogP contribution in [0.15, 0.2) is 11.6 Å². The normalized spacial score (nSPS) is 11.2. The molecule has 0 aromatic rings. The minimum atomic E-state index is -1.27. The number of carbonyl (C=O) groups excluding carboxylic acids is 1. The van der Waals surface area contributed by atoms with Crippen molar-refractivity contribution in [3.8, 4) is 6.07 Å². The molecule has 0 aromatic heterocycles. The minimum Gasteiger partial charge on any atom is -0.545 e. The Bertz CT molecular complexity index is 198. The summed E-state index contributed by atoms with van der Waals surface area (Å²) in [6.45, 7) is 3.39. The number of carboxylic acid groups (broad SMARTS) is 1. The van der Waals surface area contributed by atoms with Gasteiger partial charge in [-0.2, -0.15) is 5.26 Å². The molecule has 3 nitrogen and oxygen atoms in total. The highest BCUT2D eigenvalue weighted by Gasteiger charge is 2.02. The number of rotatable bonds is 2. The summed E-state index contributed by atoms with van der Waals surface area (Å²) in [7, 11) is 0. The van der Waals surface area contributed by atoms with Crippen molar-refractivity contribution in [1.29, 1.82) is 5.26 Å². The van der Waals surface area contributed by atoms with E-state index in [9.17, 15) is 9.90 Å². The van der Waals surface area contributed by atoms with Gasteiger partial charge in [0.05, 0.1) is 12.0 Å². The van der Waals surface area contributed by atoms with E-state index in [1.165, 1.54) is 0 Å². The molecule has 0 rings (SSSR count). The zero-order valence-corrected chi connectivity index (χ0v) is 5.92. The number of carboxylic acids is 1. The van der Waals surface area contributed by atoms with Crippen LogP contribution in [0.25, 0.3) is 0 Å². The first-order valence-electron chi connectivity index (χ1n) is 2.90. The highest BCUT2D eigenvalue weighted by atomic mass is 16.4. The average molecular weight is 138 g/mol. The molecule has 0 aliphatic rings. The standard InChI is InChI=1S/C7H9NO2/c1-5(2)6(3-4-8)7(9)10/h3,5H,1-2H3,(H,9,10)/p-1/b6-3-. The Morgan fingerprint density at radius 1 is 1.70 bits per heavy atom. The Morgan fingerprint density at radius 2 is 2.20 bits per heavy atom. The van der Waals surface area contributed by atoms with Crippen LogP contribution in [-0.2, 0) is 4.79 Å². The lowest BCUT2D eigenvalue weighted by atomic mass is 10.0. The predicted octanol–water partition coefficient (Wildman–Crippen LogP) is -0.158. The Morgan fingerprint density at radius 3 is 2.30 bits per heavy atom. The van der Waals surface area contributed by atoms with Crippen LogP contribution in [-0.4, -0.2) is 5.97 Å². The highest BCUT2D eigenvalue weighted by molar-refractivity contribution is 5.85. The maximum Gasteiger partial charge on any atom is 0.0915 e. The van der Waals surface area contributed by atoms with Crippen molar-refractivity contribution < 1.29 is 9.90 Å². The molecule has 0 unspecified atom stereocenters. The summed E-state index contributed by atoms with van der Waals surface area (Å²) in [4.78, 5) is 10.2. The number of aliphatic carboxylic acids is 1. The molecule has 0 spiro atoms. The van der Waals surface area contributed by atoms with Gasteiger partial charge in [-0.15, -0.1) is 0 Å². The van der Waals surface area contributed by atoms with Gasteiger partial charge in [-0.3, -0.25) is 0 Å². The molecular formula is C7H8NO2-. The van der Waals surface area contributed by atoms with E-state index in [-0.39, 0.29) is 11.5 Å². The van der Waals surface area contributed by atoms with Crippen LogP contribution in [0.5, 0.6) is 0 Å². The SMILES string of the molecule is CC(C)/C(=C/C#N)C(=O)[O-]. The molecule has 0 atom stereocenters. The summed E-state index contributed by atoms with van der Waals surface area (Å²) in [6.07, 6.45) is 1.00. The summed E-state index contributed by atoms with van der Waals surface area (Å²) in [5, 5.41) is 18.3. The third-order valence-corrected chi connectivity index (χ3v) is 1.08. The van der Waals surface area contributed by atoms with Gasteiger partial charge >= 0.3 is 0 Å². The van der Waals surface area contributed by atoms with Gasteiger partial charge in [0.1, 0.15) is 0 Å². The summed E-state index contributed by atoms with van der Waals surface area (Å²) in [6, 6.07) is 1.65. The second-order valence-electron chi connectivity index (χ2n) is 2.17. The molecule has 0 aromatic carbocycles. The monoisotopic (exact) mass is 138 g/mol. The van der Waals surface area contributed by atoms with Gasteiger partial charge < -0.3 is 9.90 Å². The lowest BCUT2D eigenvalue weighted by Crippen LogP contribution is -2.26. The molecular weight excluding hydrogens is 130 g/mol. The zero-order chi connectivity index (χ0) is 8.15. The number of allylic oxidation sites excluding steroid dienone is 1. The van der Waals surface area contributed by atoms with E-state index >= 15 is 0 Å². The van der Waals surface area contributed by atoms with Crippen LogP contribution in [0, 0.1) is 17.2 Å². The van der Waals surface area contributed by atoms with Crippen molar-refractivity contribution in [3.63, 3.8) is 0 Å². The van der Waals surface area contributed by atoms with Gasteiger partial charge in [0.2, 0.25) is 0 Å². The molecule has 0 N–H and O–H groups in total. The first kappa shape index (κ1) is 8.70. The van der Waals surface area contributed by atoms with E-state index in [0.29, 0.717) is 0 Å². The van der Waals surface area contributed by atoms with Crippen LogP contribution in [0.3, 0.4) is 0 Å². The third-order valence-electron chi connectivity index (χ3n) is 1.08. The number of carbonyl (C=O) groups is 1. The molecule has 54 valence electrons. The van der Waals surface area contributed by atoms with E-state index in [1.807, 2.05) is 0 Å². The molecule has 0 amide bonds. The van der Waals surface area contributed by atoms with Gasteiger partial charge in [-0.05, 0) is 11.5 Å². The van der Waals surface area contributed by atoms with Gasteiger partial charge in [-0.25, -0.2) is 0 Å². The van der Waals surface area contributed by atoms with Crippen LogP contribution in [0.2, 0.25) is 0 Å². The van der Waals surface area contributed by atoms with Crippen LogP contribution in [0.4, 0.5) is 0 Å². The number of hydrogen-bond acceptors (Lipinski definition) is 3. The van der Waals surface area contributed by atoms with E-state index < -0.39 is 5.97 Å². The maximum absolute atomic E-state index is 10.2. The maximum atomic E-state index is 10.2. The van der Waals surface area contributed by atoms with Crippen molar-refractivity contribution in [3.05, 3.63) is 11.6 Å². The molecule has 0 aliphatic heterocycles. The summed E-state index contributed by atoms with van der Waals surface area (Å²) in [5.41, 5.74) is 0.0440. The van der Waals surface area contributed by atoms with Gasteiger partial charge in [-0.1, -0.05) is 13.8 Å². The second kappa shape index (κ2) is 3.67. The Hall–Kier alpha value is -1.30. The molecule has 3 heteroatoms. The number of nitriles is 1. The summed E-state index contributed by atoms with van der Waals surface area (Å²) >= 11 is 0. The van der Waals surface area contributed by atoms with E-state index in [0.717, 1.165) is 6.08 Å². The fourth-order valence-electron chi connectivity index (χ4n) is 0.531. The Kier molecular flexibility index (Phi) is 3.20. The molecule has 0 aliphatic carbocycles. The smallest absolute Gasteiger partial charge is 0.0915 e. The van der Waals surface area contributed by atoms with Crippen molar-refractivity contribution in [2.45, 2.75) is 13.8 Å². The van der Waals surface area contributed by atoms with Gasteiger partial charge in [0.25, 0.3) is 0 Å². The first-order valence-corrected chi connectivity index (χ1v) is 2.90. The fourth-order valence-corrected chi connectivity index (χ4v) is 0.531. The second-order valence-corrected chi connectivity index (χ2v) is 2.17. The van der Waals surface area contributed by atoms with Gasteiger partial charge in [0, 0.05) is 6.08 Å². The molecule has 10 heavy (non-hydrogen) atoms. The highest BCUT2D eigenvalue weighted by Crippen LogP contribution is 2.06. The van der Waals surface area contributed by atoms with E-state index in [4.69, 9.17) is 5.26 Å². The average Bonchev–Trinajstić information content (AvgIpc) is 1.81. The molecule has 0 heterocycles. The van der Waals surface area contributed by atoms with Crippen molar-refractivity contribution in [2.75, 3.05) is 0 Å². The Labute approximate surface area is 59.6 Å². The lowest BCUT2D eigenvalue weighted by Gasteiger charge is -2.09. The molecule has 0 saturated carbocycles. The third kappa shape index (κ3) is 2.31. The topological polar surface area (TPSA) is 63.9 Å². The van der Waals surface area contributed by atoms with Crippen LogP contribution >= 0.6 is 0 Å². The van der Waals surface area contributed by atoms with Crippen LogP contribution < -0.4 is 5.11 Å². The summed E-state index contributed by atoms with van der Waals surface area (Å²) in [5.74, 6) is -1.43. The quantitative estimate of drug-likeness (QED) is 0.393. The Balaban J connectivity index is 4.47. The number of nitrogens with zero attached hydrogens (tertiary/aromatic N) is 1. The fraction of sp³-hybridized carbons (Fsp3) is 0.429. The zero-order valence-electron chi connectivity index (χ0n) is 5.92. The van der Waals surface area contributed by atoms with Crippen LogP contribution in [0.1, 0.15) is 13.8 Å². The molecule has 0 radical (unpaired) electrons. The van der Waals surface area contributed by atoms with E-state index in [1.54, 1.807) is 19.9 Å². The molecule has 0 fully saturated rings. The van der Waals surface area contributed by atoms with Crippen molar-refractivity contribution in [1.82, 2.24) is 0 Å². The molecule has 0 bridgehead atoms. The number of hydrogen-bond donors (Lipinski definition) is 0. The van der Waals surface area contributed by atoms with Crippen molar-refractivity contribution in [2.24, 2.45) is 5.92 Å². The van der Waals surface area contributed by atoms with E-state index in [2.05, 4.69) is 0 Å². The predicted molar refractivity (Wildman–Crippen MR) is 33.5 cm³/mol. The molecule has 0 saturated heterocycles. The first-order chi connectivity index (χ1) is 4.59. The summed E-state index contributed by atoms with van der Waals surface area (Å²) < 4.78 is 0.